The second-order valence-corrected chi connectivity index (χ2v) is 2.07. The van der Waals surface area contributed by atoms with Gasteiger partial charge in [-0.2, -0.15) is 0 Å². The number of allylic oxidation sites excluding steroid dienone is 1. The molecule has 0 aromatic heterocycles. The van der Waals surface area contributed by atoms with Crippen molar-refractivity contribution in [2.45, 2.75) is 6.92 Å². The fourth-order valence-electron chi connectivity index (χ4n) is 0.526. The predicted octanol–water partition coefficient (Wildman–Crippen LogP) is -0.0555. The number of hydrogen-bond acceptors (Lipinski definition) is 3. The molecule has 0 spiro atoms. The van der Waals surface area contributed by atoms with Crippen LogP contribution in [-0.4, -0.2) is 22.2 Å². The third-order valence-corrected chi connectivity index (χ3v) is 1.05. The van der Waals surface area contributed by atoms with E-state index in [1.54, 1.807) is 0 Å². The molecular weight excluding hydrogens is 162 g/mol. The molecule has 0 aliphatic rings. The molecule has 0 radical (unpaired) electrons. The van der Waals surface area contributed by atoms with Gasteiger partial charge in [0.2, 0.25) is 0 Å². The minimum Gasteiger partial charge on any atom is -0.478 e. The second-order valence-electron chi connectivity index (χ2n) is 2.07. The summed E-state index contributed by atoms with van der Waals surface area (Å²) in [6.07, 6.45) is 1.67. The van der Waals surface area contributed by atoms with E-state index in [0.717, 1.165) is 12.2 Å². The Bertz CT molecular complexity index is 261. The zero-order chi connectivity index (χ0) is 9.72. The van der Waals surface area contributed by atoms with Crippen LogP contribution in [-0.2, 0) is 9.59 Å². The molecule has 0 saturated carbocycles. The average molecular weight is 171 g/mol. The molecule has 0 bridgehead atoms. The van der Waals surface area contributed by atoms with Gasteiger partial charge in [0.1, 0.15) is 0 Å². The van der Waals surface area contributed by atoms with E-state index < -0.39 is 11.9 Å². The van der Waals surface area contributed by atoms with Gasteiger partial charge in [0.15, 0.2) is 0 Å². The zero-order valence-electron chi connectivity index (χ0n) is 6.44. The van der Waals surface area contributed by atoms with Gasteiger partial charge in [0.25, 0.3) is 0 Å². The quantitative estimate of drug-likeness (QED) is 0.408. The summed E-state index contributed by atoms with van der Waals surface area (Å²) in [6.45, 7) is 1.38. The number of carbonyl (C=O) groups is 2. The summed E-state index contributed by atoms with van der Waals surface area (Å²) in [7, 11) is 0. The number of hydrogen-bond donors (Lipinski definition) is 3. The Labute approximate surface area is 68.8 Å². The maximum atomic E-state index is 10.4. The molecule has 5 nitrogen and oxygen atoms in total. The van der Waals surface area contributed by atoms with Crippen molar-refractivity contribution in [2.24, 2.45) is 5.73 Å². The van der Waals surface area contributed by atoms with Gasteiger partial charge in [-0.15, -0.1) is 0 Å². The minimum absolute atomic E-state index is 0.0694. The van der Waals surface area contributed by atoms with Crippen LogP contribution in [0.1, 0.15) is 6.92 Å². The van der Waals surface area contributed by atoms with Crippen LogP contribution in [0.4, 0.5) is 0 Å². The van der Waals surface area contributed by atoms with E-state index in [4.69, 9.17) is 15.9 Å². The highest BCUT2D eigenvalue weighted by atomic mass is 16.4. The summed E-state index contributed by atoms with van der Waals surface area (Å²) in [4.78, 5) is 20.4. The molecule has 0 aliphatic heterocycles. The summed E-state index contributed by atoms with van der Waals surface area (Å²) in [5.41, 5.74) is 5.04. The minimum atomic E-state index is -1.24. The molecule has 4 N–H and O–H groups in total. The lowest BCUT2D eigenvalue weighted by molar-refractivity contribution is -0.132. The van der Waals surface area contributed by atoms with Crippen LogP contribution in [0.5, 0.6) is 0 Å². The Kier molecular flexibility index (Phi) is 3.55. The molecule has 0 saturated heterocycles. The van der Waals surface area contributed by atoms with Gasteiger partial charge in [-0.1, -0.05) is 0 Å². The van der Waals surface area contributed by atoms with Crippen molar-refractivity contribution in [1.29, 1.82) is 0 Å². The number of nitrogens with two attached hydrogens (primary N) is 1. The third-order valence-electron chi connectivity index (χ3n) is 1.05. The first-order valence-electron chi connectivity index (χ1n) is 3.05. The van der Waals surface area contributed by atoms with E-state index >= 15 is 0 Å². The van der Waals surface area contributed by atoms with Crippen molar-refractivity contribution in [2.75, 3.05) is 0 Å². The Morgan fingerprint density at radius 2 is 1.75 bits per heavy atom. The van der Waals surface area contributed by atoms with Crippen molar-refractivity contribution < 1.29 is 19.8 Å². The summed E-state index contributed by atoms with van der Waals surface area (Å²) in [5.74, 6) is -2.46. The van der Waals surface area contributed by atoms with Crippen LogP contribution < -0.4 is 5.73 Å². The molecule has 0 aromatic rings. The molecule has 0 aliphatic carbocycles. The lowest BCUT2D eigenvalue weighted by Gasteiger charge is -1.95. The van der Waals surface area contributed by atoms with Gasteiger partial charge >= 0.3 is 11.9 Å². The van der Waals surface area contributed by atoms with Crippen LogP contribution in [0.25, 0.3) is 0 Å². The standard InChI is InChI=1S/C7H9NO4/c1-4(8)5(7(11)12)2-3-6(9)10/h2-3H,8H2,1H3,(H,9,10)(H,11,12)/b3-2+,5-4?. The molecule has 0 heterocycles. The number of carboxylic acids is 2. The summed E-state index contributed by atoms with van der Waals surface area (Å²) >= 11 is 0. The van der Waals surface area contributed by atoms with E-state index in [2.05, 4.69) is 0 Å². The highest BCUT2D eigenvalue weighted by Crippen LogP contribution is 2.00. The molecule has 66 valence electrons. The van der Waals surface area contributed by atoms with Crippen LogP contribution in [0, 0.1) is 0 Å². The van der Waals surface area contributed by atoms with Crippen molar-refractivity contribution in [3.8, 4) is 0 Å². The van der Waals surface area contributed by atoms with Gasteiger partial charge in [-0.05, 0) is 13.0 Å². The maximum Gasteiger partial charge on any atom is 0.337 e. The van der Waals surface area contributed by atoms with Gasteiger partial charge in [-0.3, -0.25) is 0 Å². The lowest BCUT2D eigenvalue weighted by Crippen LogP contribution is -2.06. The fourth-order valence-corrected chi connectivity index (χ4v) is 0.526. The first-order valence-corrected chi connectivity index (χ1v) is 3.05. The second kappa shape index (κ2) is 4.17. The number of carboxylic acid groups (broad SMARTS) is 2. The van der Waals surface area contributed by atoms with E-state index in [-0.39, 0.29) is 11.3 Å². The molecule has 0 aromatic carbocycles. The molecule has 12 heavy (non-hydrogen) atoms. The first-order chi connectivity index (χ1) is 5.45. The lowest BCUT2D eigenvalue weighted by atomic mass is 10.2. The monoisotopic (exact) mass is 171 g/mol. The van der Waals surface area contributed by atoms with Gasteiger partial charge in [0, 0.05) is 11.8 Å². The largest absolute Gasteiger partial charge is 0.478 e. The van der Waals surface area contributed by atoms with E-state index in [1.165, 1.54) is 6.92 Å². The molecule has 0 rings (SSSR count). The van der Waals surface area contributed by atoms with Gasteiger partial charge in [0.05, 0.1) is 5.57 Å². The first kappa shape index (κ1) is 10.2. The van der Waals surface area contributed by atoms with E-state index in [1.807, 2.05) is 0 Å². The summed E-state index contributed by atoms with van der Waals surface area (Å²) in [5, 5.41) is 16.7. The summed E-state index contributed by atoms with van der Waals surface area (Å²) in [6, 6.07) is 0. The fraction of sp³-hybridized carbons (Fsp3) is 0.143. The molecular formula is C7H9NO4. The Balaban J connectivity index is 4.70. The average Bonchev–Trinajstić information content (AvgIpc) is 1.84. The van der Waals surface area contributed by atoms with E-state index in [0.29, 0.717) is 0 Å². The Morgan fingerprint density at radius 3 is 2.00 bits per heavy atom. The Hall–Kier alpha value is -1.78. The van der Waals surface area contributed by atoms with Crippen LogP contribution >= 0.6 is 0 Å². The molecule has 0 atom stereocenters. The topological polar surface area (TPSA) is 101 Å². The van der Waals surface area contributed by atoms with Crippen LogP contribution in [0.15, 0.2) is 23.4 Å². The number of rotatable bonds is 3. The Morgan fingerprint density at radius 1 is 1.25 bits per heavy atom. The normalized spacial score (nSPS) is 12.8. The molecule has 0 unspecified atom stereocenters. The zero-order valence-corrected chi connectivity index (χ0v) is 6.44. The third kappa shape index (κ3) is 3.40. The van der Waals surface area contributed by atoms with Crippen LogP contribution in [0.3, 0.4) is 0 Å². The van der Waals surface area contributed by atoms with Crippen LogP contribution in [0.2, 0.25) is 0 Å². The van der Waals surface area contributed by atoms with Crippen molar-refractivity contribution in [3.63, 3.8) is 0 Å². The van der Waals surface area contributed by atoms with Crippen molar-refractivity contribution in [3.05, 3.63) is 23.4 Å². The molecule has 0 amide bonds. The highest BCUT2D eigenvalue weighted by molar-refractivity contribution is 5.92. The molecule has 5 heteroatoms. The number of aliphatic carboxylic acids is 2. The van der Waals surface area contributed by atoms with Gasteiger partial charge < -0.3 is 15.9 Å². The highest BCUT2D eigenvalue weighted by Gasteiger charge is 2.05. The van der Waals surface area contributed by atoms with Gasteiger partial charge in [-0.25, -0.2) is 9.59 Å². The smallest absolute Gasteiger partial charge is 0.337 e. The predicted molar refractivity (Wildman–Crippen MR) is 41.3 cm³/mol. The van der Waals surface area contributed by atoms with Crippen molar-refractivity contribution >= 4 is 11.9 Å². The SMILES string of the molecule is CC(N)=C(/C=C/C(=O)O)C(=O)O. The molecule has 0 fully saturated rings. The van der Waals surface area contributed by atoms with E-state index in [9.17, 15) is 9.59 Å². The van der Waals surface area contributed by atoms with Crippen molar-refractivity contribution in [1.82, 2.24) is 0 Å². The maximum absolute atomic E-state index is 10.4. The summed E-state index contributed by atoms with van der Waals surface area (Å²) < 4.78 is 0.